The molecule has 0 saturated carbocycles. The topological polar surface area (TPSA) is 24.9 Å². The van der Waals surface area contributed by atoms with Crippen molar-refractivity contribution >= 4 is 29.0 Å². The second kappa shape index (κ2) is 4.73. The van der Waals surface area contributed by atoms with E-state index in [-0.39, 0.29) is 0 Å². The molecule has 0 aliphatic rings. The number of pyridine rings is 1. The van der Waals surface area contributed by atoms with Crippen LogP contribution >= 0.6 is 23.2 Å². The van der Waals surface area contributed by atoms with Crippen LogP contribution < -0.4 is 5.32 Å². The zero-order valence-corrected chi connectivity index (χ0v) is 10.2. The fourth-order valence-electron chi connectivity index (χ4n) is 1.44. The molecule has 1 heterocycles. The van der Waals surface area contributed by atoms with Crippen LogP contribution in [-0.4, -0.2) is 12.0 Å². The van der Waals surface area contributed by atoms with Crippen molar-refractivity contribution in [3.05, 3.63) is 46.4 Å². The van der Waals surface area contributed by atoms with E-state index in [0.717, 1.165) is 11.3 Å². The number of nitrogens with zero attached hydrogens (tertiary/aromatic N) is 1. The van der Waals surface area contributed by atoms with Crippen LogP contribution in [0, 0.1) is 0 Å². The third-order valence-corrected chi connectivity index (χ3v) is 2.79. The van der Waals surface area contributed by atoms with E-state index in [1.807, 2.05) is 30.3 Å². The molecule has 16 heavy (non-hydrogen) atoms. The lowest BCUT2D eigenvalue weighted by Gasteiger charge is -2.08. The predicted octanol–water partition coefficient (Wildman–Crippen LogP) is 4.10. The van der Waals surface area contributed by atoms with Crippen molar-refractivity contribution in [2.75, 3.05) is 12.4 Å². The summed E-state index contributed by atoms with van der Waals surface area (Å²) in [5, 5.41) is 4.00. The van der Waals surface area contributed by atoms with Gasteiger partial charge in [0.1, 0.15) is 5.82 Å². The van der Waals surface area contributed by atoms with Gasteiger partial charge in [-0.25, -0.2) is 4.98 Å². The maximum Gasteiger partial charge on any atom is 0.145 e. The number of rotatable bonds is 2. The number of hydrogen-bond donors (Lipinski definition) is 1. The molecular weight excluding hydrogens is 243 g/mol. The number of aromatic nitrogens is 1. The first-order chi connectivity index (χ1) is 7.72. The van der Waals surface area contributed by atoms with Gasteiger partial charge in [-0.1, -0.05) is 53.5 Å². The molecule has 2 rings (SSSR count). The predicted molar refractivity (Wildman–Crippen MR) is 69.2 cm³/mol. The highest BCUT2D eigenvalue weighted by molar-refractivity contribution is 6.37. The number of nitrogens with one attached hydrogen (secondary N) is 1. The van der Waals surface area contributed by atoms with E-state index in [0.29, 0.717) is 15.9 Å². The van der Waals surface area contributed by atoms with Gasteiger partial charge in [0, 0.05) is 12.6 Å². The van der Waals surface area contributed by atoms with E-state index in [1.165, 1.54) is 0 Å². The molecule has 0 spiro atoms. The Morgan fingerprint density at radius 2 is 1.75 bits per heavy atom. The zero-order valence-electron chi connectivity index (χ0n) is 8.67. The Kier molecular flexibility index (Phi) is 3.32. The average Bonchev–Trinajstić information content (AvgIpc) is 2.30. The van der Waals surface area contributed by atoms with Crippen LogP contribution in [0.2, 0.25) is 10.0 Å². The van der Waals surface area contributed by atoms with Gasteiger partial charge in [-0.2, -0.15) is 0 Å². The molecule has 2 aromatic rings. The molecule has 4 heteroatoms. The molecule has 0 bridgehead atoms. The summed E-state index contributed by atoms with van der Waals surface area (Å²) >= 11 is 12.1. The average molecular weight is 253 g/mol. The van der Waals surface area contributed by atoms with Crippen LogP contribution in [0.1, 0.15) is 0 Å². The standard InChI is InChI=1S/C12H10Cl2N2/c1-15-12-10(14)7-9(13)11(16-12)8-5-3-2-4-6-8/h2-7H,1H3,(H,15,16). The van der Waals surface area contributed by atoms with Crippen molar-refractivity contribution in [2.24, 2.45) is 0 Å². The summed E-state index contributed by atoms with van der Waals surface area (Å²) in [6.07, 6.45) is 0. The first-order valence-corrected chi connectivity index (χ1v) is 5.57. The largest absolute Gasteiger partial charge is 0.372 e. The summed E-state index contributed by atoms with van der Waals surface area (Å²) < 4.78 is 0. The van der Waals surface area contributed by atoms with E-state index >= 15 is 0 Å². The molecule has 0 radical (unpaired) electrons. The van der Waals surface area contributed by atoms with Crippen LogP contribution in [-0.2, 0) is 0 Å². The van der Waals surface area contributed by atoms with Gasteiger partial charge in [0.05, 0.1) is 15.7 Å². The summed E-state index contributed by atoms with van der Waals surface area (Å²) in [6, 6.07) is 11.5. The Balaban J connectivity index is 2.57. The summed E-state index contributed by atoms with van der Waals surface area (Å²) in [4.78, 5) is 4.39. The minimum atomic E-state index is 0.521. The number of anilines is 1. The minimum Gasteiger partial charge on any atom is -0.372 e. The number of halogens is 2. The third kappa shape index (κ3) is 2.13. The van der Waals surface area contributed by atoms with Crippen LogP contribution in [0.3, 0.4) is 0 Å². The first kappa shape index (κ1) is 11.2. The van der Waals surface area contributed by atoms with Gasteiger partial charge < -0.3 is 5.32 Å². The molecule has 0 atom stereocenters. The second-order valence-corrected chi connectivity index (χ2v) is 4.08. The summed E-state index contributed by atoms with van der Waals surface area (Å²) in [5.41, 5.74) is 1.71. The SMILES string of the molecule is CNc1nc(-c2ccccc2)c(Cl)cc1Cl. The van der Waals surface area contributed by atoms with Crippen LogP contribution in [0.4, 0.5) is 5.82 Å². The minimum absolute atomic E-state index is 0.521. The number of hydrogen-bond acceptors (Lipinski definition) is 2. The van der Waals surface area contributed by atoms with Crippen molar-refractivity contribution in [1.82, 2.24) is 4.98 Å². The molecule has 0 unspecified atom stereocenters. The zero-order chi connectivity index (χ0) is 11.5. The van der Waals surface area contributed by atoms with E-state index in [1.54, 1.807) is 13.1 Å². The summed E-state index contributed by atoms with van der Waals surface area (Å²) in [7, 11) is 1.77. The summed E-state index contributed by atoms with van der Waals surface area (Å²) in [6.45, 7) is 0. The van der Waals surface area contributed by atoms with Crippen molar-refractivity contribution in [3.63, 3.8) is 0 Å². The molecule has 0 saturated heterocycles. The molecule has 82 valence electrons. The van der Waals surface area contributed by atoms with Crippen molar-refractivity contribution in [3.8, 4) is 11.3 Å². The van der Waals surface area contributed by atoms with E-state index < -0.39 is 0 Å². The van der Waals surface area contributed by atoms with Gasteiger partial charge in [0.25, 0.3) is 0 Å². The normalized spacial score (nSPS) is 10.2. The lowest BCUT2D eigenvalue weighted by atomic mass is 10.1. The molecule has 0 aliphatic carbocycles. The summed E-state index contributed by atoms with van der Waals surface area (Å²) in [5.74, 6) is 0.630. The van der Waals surface area contributed by atoms with E-state index in [2.05, 4.69) is 10.3 Å². The molecule has 0 fully saturated rings. The van der Waals surface area contributed by atoms with Crippen molar-refractivity contribution < 1.29 is 0 Å². The maximum absolute atomic E-state index is 6.12. The third-order valence-electron chi connectivity index (χ3n) is 2.21. The smallest absolute Gasteiger partial charge is 0.145 e. The van der Waals surface area contributed by atoms with Gasteiger partial charge in [-0.15, -0.1) is 0 Å². The fraction of sp³-hybridized carbons (Fsp3) is 0.0833. The van der Waals surface area contributed by atoms with Crippen LogP contribution in [0.25, 0.3) is 11.3 Å². The fourth-order valence-corrected chi connectivity index (χ4v) is 2.00. The lowest BCUT2D eigenvalue weighted by molar-refractivity contribution is 1.29. The molecule has 1 aromatic heterocycles. The lowest BCUT2D eigenvalue weighted by Crippen LogP contribution is -1.95. The Morgan fingerprint density at radius 1 is 1.06 bits per heavy atom. The van der Waals surface area contributed by atoms with Crippen LogP contribution in [0.5, 0.6) is 0 Å². The highest BCUT2D eigenvalue weighted by Gasteiger charge is 2.09. The Bertz CT molecular complexity index is 498. The quantitative estimate of drug-likeness (QED) is 0.871. The molecule has 2 nitrogen and oxygen atoms in total. The molecule has 0 aliphatic heterocycles. The van der Waals surface area contributed by atoms with Gasteiger partial charge in [0.2, 0.25) is 0 Å². The monoisotopic (exact) mass is 252 g/mol. The molecule has 1 aromatic carbocycles. The van der Waals surface area contributed by atoms with Gasteiger partial charge >= 0.3 is 0 Å². The molecular formula is C12H10Cl2N2. The van der Waals surface area contributed by atoms with Crippen molar-refractivity contribution in [1.29, 1.82) is 0 Å². The Labute approximate surface area is 104 Å². The molecule has 1 N–H and O–H groups in total. The van der Waals surface area contributed by atoms with Gasteiger partial charge in [0.15, 0.2) is 0 Å². The Hall–Kier alpha value is -1.25. The van der Waals surface area contributed by atoms with E-state index in [4.69, 9.17) is 23.2 Å². The van der Waals surface area contributed by atoms with Crippen molar-refractivity contribution in [2.45, 2.75) is 0 Å². The highest BCUT2D eigenvalue weighted by Crippen LogP contribution is 2.31. The molecule has 0 amide bonds. The van der Waals surface area contributed by atoms with E-state index in [9.17, 15) is 0 Å². The van der Waals surface area contributed by atoms with Gasteiger partial charge in [-0.05, 0) is 6.07 Å². The maximum atomic E-state index is 6.12. The highest BCUT2D eigenvalue weighted by atomic mass is 35.5. The number of benzene rings is 1. The first-order valence-electron chi connectivity index (χ1n) is 4.81. The van der Waals surface area contributed by atoms with Crippen LogP contribution in [0.15, 0.2) is 36.4 Å². The Morgan fingerprint density at radius 3 is 2.38 bits per heavy atom. The second-order valence-electron chi connectivity index (χ2n) is 3.27. The van der Waals surface area contributed by atoms with Gasteiger partial charge in [-0.3, -0.25) is 0 Å².